The largest absolute Gasteiger partial charge is 0.339 e. The highest BCUT2D eigenvalue weighted by Gasteiger charge is 2.07. The lowest BCUT2D eigenvalue weighted by atomic mass is 10.0. The SMILES string of the molecule is Brc1cccc2c(C[NH2+]Cc3cccc4c(Br)cccc34)cccc12. The van der Waals surface area contributed by atoms with Crippen LogP contribution in [0.1, 0.15) is 11.1 Å². The molecule has 0 radical (unpaired) electrons. The lowest BCUT2D eigenvalue weighted by Crippen LogP contribution is -2.80. The van der Waals surface area contributed by atoms with Gasteiger partial charge in [0.15, 0.2) is 0 Å². The Morgan fingerprint density at radius 3 is 1.40 bits per heavy atom. The number of hydrogen-bond acceptors (Lipinski definition) is 0. The first-order valence-electron chi connectivity index (χ1n) is 8.38. The van der Waals surface area contributed by atoms with Crippen LogP contribution in [0, 0.1) is 0 Å². The molecule has 0 unspecified atom stereocenters. The van der Waals surface area contributed by atoms with Crippen LogP contribution in [-0.4, -0.2) is 0 Å². The molecule has 0 aliphatic rings. The van der Waals surface area contributed by atoms with Gasteiger partial charge in [0.2, 0.25) is 0 Å². The number of hydrogen-bond donors (Lipinski definition) is 1. The summed E-state index contributed by atoms with van der Waals surface area (Å²) >= 11 is 7.31. The highest BCUT2D eigenvalue weighted by molar-refractivity contribution is 9.11. The van der Waals surface area contributed by atoms with E-state index in [1.54, 1.807) is 0 Å². The van der Waals surface area contributed by atoms with E-state index in [4.69, 9.17) is 0 Å². The topological polar surface area (TPSA) is 16.6 Å². The quantitative estimate of drug-likeness (QED) is 0.401. The molecular formula is C22H18Br2N+. The van der Waals surface area contributed by atoms with Gasteiger partial charge in [0, 0.05) is 20.1 Å². The van der Waals surface area contributed by atoms with Crippen molar-refractivity contribution in [3.8, 4) is 0 Å². The van der Waals surface area contributed by atoms with E-state index in [-0.39, 0.29) is 0 Å². The first-order valence-corrected chi connectivity index (χ1v) is 9.96. The number of nitrogens with two attached hydrogens (primary N) is 1. The van der Waals surface area contributed by atoms with E-state index >= 15 is 0 Å². The number of fused-ring (bicyclic) bond motifs is 2. The summed E-state index contributed by atoms with van der Waals surface area (Å²) in [5.74, 6) is 0. The Bertz CT molecular complexity index is 971. The molecule has 2 N–H and O–H groups in total. The second-order valence-electron chi connectivity index (χ2n) is 6.20. The molecule has 0 aliphatic carbocycles. The number of benzene rings is 4. The fraction of sp³-hybridized carbons (Fsp3) is 0.0909. The molecule has 25 heavy (non-hydrogen) atoms. The van der Waals surface area contributed by atoms with Gasteiger partial charge in [0.25, 0.3) is 0 Å². The van der Waals surface area contributed by atoms with Gasteiger partial charge in [-0.15, -0.1) is 0 Å². The molecule has 0 fully saturated rings. The van der Waals surface area contributed by atoms with Crippen molar-refractivity contribution in [3.63, 3.8) is 0 Å². The number of halogens is 2. The second-order valence-corrected chi connectivity index (χ2v) is 7.91. The molecule has 0 spiro atoms. The molecule has 0 amide bonds. The molecule has 4 rings (SSSR count). The van der Waals surface area contributed by atoms with Gasteiger partial charge in [-0.05, 0) is 33.7 Å². The Kier molecular flexibility index (Phi) is 4.89. The van der Waals surface area contributed by atoms with Gasteiger partial charge < -0.3 is 5.32 Å². The van der Waals surface area contributed by atoms with Crippen molar-refractivity contribution in [3.05, 3.63) is 92.9 Å². The third-order valence-corrected chi connectivity index (χ3v) is 6.03. The van der Waals surface area contributed by atoms with Crippen LogP contribution in [0.25, 0.3) is 21.5 Å². The van der Waals surface area contributed by atoms with Gasteiger partial charge in [0.05, 0.1) is 0 Å². The minimum Gasteiger partial charge on any atom is -0.339 e. The maximum absolute atomic E-state index is 3.66. The number of quaternary nitrogens is 1. The van der Waals surface area contributed by atoms with Gasteiger partial charge in [-0.1, -0.05) is 92.5 Å². The van der Waals surface area contributed by atoms with Crippen molar-refractivity contribution < 1.29 is 5.32 Å². The molecule has 0 heterocycles. The summed E-state index contributed by atoms with van der Waals surface area (Å²) in [6.07, 6.45) is 0. The molecule has 1 nitrogen and oxygen atoms in total. The minimum atomic E-state index is 0.970. The molecular weight excluding hydrogens is 438 g/mol. The zero-order chi connectivity index (χ0) is 17.2. The third-order valence-electron chi connectivity index (χ3n) is 4.65. The van der Waals surface area contributed by atoms with Gasteiger partial charge in [-0.2, -0.15) is 0 Å². The second kappa shape index (κ2) is 7.28. The van der Waals surface area contributed by atoms with E-state index in [0.29, 0.717) is 0 Å². The summed E-state index contributed by atoms with van der Waals surface area (Å²) < 4.78 is 2.32. The molecule has 4 aromatic carbocycles. The fourth-order valence-corrected chi connectivity index (χ4v) is 4.41. The zero-order valence-electron chi connectivity index (χ0n) is 13.7. The molecule has 0 atom stereocenters. The van der Waals surface area contributed by atoms with Crippen molar-refractivity contribution in [1.82, 2.24) is 0 Å². The Morgan fingerprint density at radius 1 is 0.520 bits per heavy atom. The van der Waals surface area contributed by atoms with E-state index in [9.17, 15) is 0 Å². The zero-order valence-corrected chi connectivity index (χ0v) is 16.8. The smallest absolute Gasteiger partial charge is 0.102 e. The van der Waals surface area contributed by atoms with Gasteiger partial charge in [-0.3, -0.25) is 0 Å². The van der Waals surface area contributed by atoms with Crippen LogP contribution in [0.5, 0.6) is 0 Å². The van der Waals surface area contributed by atoms with Crippen molar-refractivity contribution >= 4 is 53.4 Å². The molecule has 0 aromatic heterocycles. The predicted octanol–water partition coefficient (Wildman–Crippen LogP) is 5.78. The maximum atomic E-state index is 3.66. The number of rotatable bonds is 4. The maximum Gasteiger partial charge on any atom is 0.102 e. The van der Waals surface area contributed by atoms with Gasteiger partial charge in [0.1, 0.15) is 13.1 Å². The van der Waals surface area contributed by atoms with Crippen LogP contribution in [0.4, 0.5) is 0 Å². The average molecular weight is 456 g/mol. The van der Waals surface area contributed by atoms with E-state index in [2.05, 4.69) is 110 Å². The van der Waals surface area contributed by atoms with Crippen LogP contribution in [0.15, 0.2) is 81.7 Å². The summed E-state index contributed by atoms with van der Waals surface area (Å²) in [7, 11) is 0. The van der Waals surface area contributed by atoms with Crippen molar-refractivity contribution in [2.45, 2.75) is 13.1 Å². The van der Waals surface area contributed by atoms with Gasteiger partial charge in [-0.25, -0.2) is 0 Å². The van der Waals surface area contributed by atoms with E-state index in [1.807, 2.05) is 0 Å². The standard InChI is InChI=1S/C22H17Br2N/c23-21-11-3-7-17-15(5-1-9-19(17)21)13-25-14-16-6-2-10-20-18(16)8-4-12-22(20)24/h1-12,25H,13-14H2/p+1. The first kappa shape index (κ1) is 16.8. The molecule has 0 saturated heterocycles. The highest BCUT2D eigenvalue weighted by Crippen LogP contribution is 2.27. The predicted molar refractivity (Wildman–Crippen MR) is 113 cm³/mol. The first-order chi connectivity index (χ1) is 12.2. The molecule has 3 heteroatoms. The Balaban J connectivity index is 1.58. The summed E-state index contributed by atoms with van der Waals surface area (Å²) in [4.78, 5) is 0. The summed E-state index contributed by atoms with van der Waals surface area (Å²) in [6.45, 7) is 1.94. The molecule has 4 aromatic rings. The van der Waals surface area contributed by atoms with Crippen LogP contribution < -0.4 is 5.32 Å². The summed E-state index contributed by atoms with van der Waals surface area (Å²) in [5.41, 5.74) is 2.75. The van der Waals surface area contributed by atoms with Crippen molar-refractivity contribution in [2.24, 2.45) is 0 Å². The van der Waals surface area contributed by atoms with Crippen molar-refractivity contribution in [1.29, 1.82) is 0 Å². The monoisotopic (exact) mass is 454 g/mol. The van der Waals surface area contributed by atoms with E-state index in [1.165, 1.54) is 32.7 Å². The lowest BCUT2D eigenvalue weighted by molar-refractivity contribution is -0.685. The van der Waals surface area contributed by atoms with E-state index < -0.39 is 0 Å². The van der Waals surface area contributed by atoms with Crippen LogP contribution in [0.3, 0.4) is 0 Å². The van der Waals surface area contributed by atoms with Crippen LogP contribution in [0.2, 0.25) is 0 Å². The van der Waals surface area contributed by atoms with Gasteiger partial charge >= 0.3 is 0 Å². The molecule has 0 aliphatic heterocycles. The highest BCUT2D eigenvalue weighted by atomic mass is 79.9. The Labute approximate surface area is 164 Å². The van der Waals surface area contributed by atoms with E-state index in [0.717, 1.165) is 22.0 Å². The molecule has 124 valence electrons. The Morgan fingerprint density at radius 2 is 0.920 bits per heavy atom. The summed E-state index contributed by atoms with van der Waals surface area (Å²) in [5, 5.41) is 7.60. The summed E-state index contributed by atoms with van der Waals surface area (Å²) in [6, 6.07) is 25.9. The van der Waals surface area contributed by atoms with Crippen LogP contribution in [-0.2, 0) is 13.1 Å². The molecule has 0 bridgehead atoms. The normalized spacial score (nSPS) is 11.3. The van der Waals surface area contributed by atoms with Crippen LogP contribution >= 0.6 is 31.9 Å². The Hall–Kier alpha value is -1.68. The minimum absolute atomic E-state index is 0.970. The van der Waals surface area contributed by atoms with Crippen molar-refractivity contribution in [2.75, 3.05) is 0 Å². The molecule has 0 saturated carbocycles. The third kappa shape index (κ3) is 3.37. The lowest BCUT2D eigenvalue weighted by Gasteiger charge is -2.09. The fourth-order valence-electron chi connectivity index (χ4n) is 3.41. The average Bonchev–Trinajstić information content (AvgIpc) is 2.63.